The SMILES string of the molecule is Cc1ccccc1CN(CCn1cccn1)C[C@@H]1CCCO1. The predicted octanol–water partition coefficient (Wildman–Crippen LogP) is 2.87. The van der Waals surface area contributed by atoms with Gasteiger partial charge in [-0.15, -0.1) is 0 Å². The minimum Gasteiger partial charge on any atom is -0.377 e. The number of rotatable bonds is 7. The number of hydrogen-bond acceptors (Lipinski definition) is 3. The minimum atomic E-state index is 0.390. The molecule has 1 fully saturated rings. The first-order valence-electron chi connectivity index (χ1n) is 8.17. The molecular formula is C18H25N3O. The van der Waals surface area contributed by atoms with Crippen LogP contribution >= 0.6 is 0 Å². The molecule has 0 radical (unpaired) electrons. The lowest BCUT2D eigenvalue weighted by molar-refractivity contribution is 0.0689. The third kappa shape index (κ3) is 4.18. The normalized spacial score (nSPS) is 18.2. The number of nitrogens with zero attached hydrogens (tertiary/aromatic N) is 3. The van der Waals surface area contributed by atoms with Gasteiger partial charge in [0.05, 0.1) is 12.6 Å². The molecule has 0 aliphatic carbocycles. The van der Waals surface area contributed by atoms with Gasteiger partial charge in [0, 0.05) is 38.6 Å². The summed E-state index contributed by atoms with van der Waals surface area (Å²) < 4.78 is 7.82. The highest BCUT2D eigenvalue weighted by atomic mass is 16.5. The average Bonchev–Trinajstić information content (AvgIpc) is 3.20. The molecule has 3 rings (SSSR count). The zero-order valence-electron chi connectivity index (χ0n) is 13.3. The molecule has 1 aliphatic heterocycles. The van der Waals surface area contributed by atoms with E-state index < -0.39 is 0 Å². The Bertz CT molecular complexity index is 561. The van der Waals surface area contributed by atoms with Crippen LogP contribution in [0.15, 0.2) is 42.7 Å². The van der Waals surface area contributed by atoms with Gasteiger partial charge in [-0.3, -0.25) is 9.58 Å². The van der Waals surface area contributed by atoms with Crippen LogP contribution in [0, 0.1) is 6.92 Å². The van der Waals surface area contributed by atoms with E-state index in [1.807, 2.05) is 23.1 Å². The van der Waals surface area contributed by atoms with Crippen molar-refractivity contribution < 1.29 is 4.74 Å². The van der Waals surface area contributed by atoms with Gasteiger partial charge in [0.15, 0.2) is 0 Å². The van der Waals surface area contributed by atoms with Gasteiger partial charge in [-0.1, -0.05) is 24.3 Å². The van der Waals surface area contributed by atoms with Gasteiger partial charge >= 0.3 is 0 Å². The molecule has 0 saturated carbocycles. The standard InChI is InChI=1S/C18H25N3O/c1-16-6-2-3-7-17(16)14-20(15-18-8-4-13-22-18)11-12-21-10-5-9-19-21/h2-3,5-7,9-10,18H,4,8,11-15H2,1H3/t18-/m0/s1. The molecular weight excluding hydrogens is 274 g/mol. The van der Waals surface area contributed by atoms with Gasteiger partial charge in [-0.05, 0) is 37.0 Å². The fourth-order valence-corrected chi connectivity index (χ4v) is 3.02. The molecule has 0 spiro atoms. The van der Waals surface area contributed by atoms with E-state index in [4.69, 9.17) is 4.74 Å². The molecule has 118 valence electrons. The first-order chi connectivity index (χ1) is 10.8. The van der Waals surface area contributed by atoms with Crippen LogP contribution in [0.3, 0.4) is 0 Å². The lowest BCUT2D eigenvalue weighted by Gasteiger charge is -2.26. The van der Waals surface area contributed by atoms with Crippen LogP contribution in [-0.2, 0) is 17.8 Å². The first kappa shape index (κ1) is 15.3. The topological polar surface area (TPSA) is 30.3 Å². The Morgan fingerprint density at radius 2 is 2.23 bits per heavy atom. The Labute approximate surface area is 132 Å². The molecule has 1 aliphatic rings. The lowest BCUT2D eigenvalue weighted by Crippen LogP contribution is -2.34. The summed E-state index contributed by atoms with van der Waals surface area (Å²) in [5, 5.41) is 4.30. The molecule has 4 nitrogen and oxygen atoms in total. The van der Waals surface area contributed by atoms with Gasteiger partial charge in [0.25, 0.3) is 0 Å². The van der Waals surface area contributed by atoms with Crippen molar-refractivity contribution in [2.45, 2.75) is 39.0 Å². The van der Waals surface area contributed by atoms with Crippen molar-refractivity contribution >= 4 is 0 Å². The van der Waals surface area contributed by atoms with Crippen LogP contribution in [-0.4, -0.2) is 40.5 Å². The summed E-state index contributed by atoms with van der Waals surface area (Å²) in [5.41, 5.74) is 2.76. The van der Waals surface area contributed by atoms with Crippen LogP contribution in [0.5, 0.6) is 0 Å². The molecule has 0 amide bonds. The molecule has 0 N–H and O–H groups in total. The van der Waals surface area contributed by atoms with Crippen molar-refractivity contribution in [3.8, 4) is 0 Å². The maximum atomic E-state index is 5.82. The molecule has 4 heteroatoms. The average molecular weight is 299 g/mol. The van der Waals surface area contributed by atoms with Crippen LogP contribution in [0.4, 0.5) is 0 Å². The quantitative estimate of drug-likeness (QED) is 0.787. The van der Waals surface area contributed by atoms with Crippen molar-refractivity contribution in [2.75, 3.05) is 19.7 Å². The second-order valence-electron chi connectivity index (χ2n) is 6.07. The third-order valence-electron chi connectivity index (χ3n) is 4.35. The Morgan fingerprint density at radius 1 is 1.32 bits per heavy atom. The highest BCUT2D eigenvalue weighted by Gasteiger charge is 2.19. The van der Waals surface area contributed by atoms with Gasteiger partial charge in [-0.2, -0.15) is 5.10 Å². The summed E-state index contributed by atoms with van der Waals surface area (Å²) in [7, 11) is 0. The molecule has 1 aromatic carbocycles. The van der Waals surface area contributed by atoms with Crippen LogP contribution in [0.2, 0.25) is 0 Å². The second kappa shape index (κ2) is 7.56. The smallest absolute Gasteiger partial charge is 0.0702 e. The lowest BCUT2D eigenvalue weighted by atomic mass is 10.1. The van der Waals surface area contributed by atoms with E-state index >= 15 is 0 Å². The predicted molar refractivity (Wildman–Crippen MR) is 87.7 cm³/mol. The van der Waals surface area contributed by atoms with Crippen LogP contribution in [0.1, 0.15) is 24.0 Å². The number of hydrogen-bond donors (Lipinski definition) is 0. The zero-order valence-corrected chi connectivity index (χ0v) is 13.3. The number of benzene rings is 1. The summed E-state index contributed by atoms with van der Waals surface area (Å²) >= 11 is 0. The van der Waals surface area contributed by atoms with Crippen LogP contribution in [0.25, 0.3) is 0 Å². The van der Waals surface area contributed by atoms with Gasteiger partial charge in [-0.25, -0.2) is 0 Å². The van der Waals surface area contributed by atoms with Crippen molar-refractivity contribution in [2.24, 2.45) is 0 Å². The molecule has 0 unspecified atom stereocenters. The Hall–Kier alpha value is -1.65. The van der Waals surface area contributed by atoms with E-state index in [0.717, 1.165) is 32.8 Å². The minimum absolute atomic E-state index is 0.390. The molecule has 22 heavy (non-hydrogen) atoms. The van der Waals surface area contributed by atoms with Crippen molar-refractivity contribution in [1.29, 1.82) is 0 Å². The van der Waals surface area contributed by atoms with Crippen LogP contribution < -0.4 is 0 Å². The van der Waals surface area contributed by atoms with E-state index in [1.165, 1.54) is 24.0 Å². The molecule has 2 aromatic rings. The summed E-state index contributed by atoms with van der Waals surface area (Å²) in [6.45, 7) is 7.01. The monoisotopic (exact) mass is 299 g/mol. The van der Waals surface area contributed by atoms with Crippen molar-refractivity contribution in [1.82, 2.24) is 14.7 Å². The summed E-state index contributed by atoms with van der Waals surface area (Å²) in [5.74, 6) is 0. The van der Waals surface area contributed by atoms with Gasteiger partial charge in [0.2, 0.25) is 0 Å². The summed E-state index contributed by atoms with van der Waals surface area (Å²) in [6.07, 6.45) is 6.64. The van der Waals surface area contributed by atoms with E-state index in [2.05, 4.69) is 41.2 Å². The molecule has 1 saturated heterocycles. The molecule has 0 bridgehead atoms. The highest BCUT2D eigenvalue weighted by molar-refractivity contribution is 5.25. The Kier molecular flexibility index (Phi) is 5.24. The maximum absolute atomic E-state index is 5.82. The van der Waals surface area contributed by atoms with Crippen molar-refractivity contribution in [3.05, 3.63) is 53.9 Å². The number of ether oxygens (including phenoxy) is 1. The van der Waals surface area contributed by atoms with E-state index in [9.17, 15) is 0 Å². The second-order valence-corrected chi connectivity index (χ2v) is 6.07. The Balaban J connectivity index is 1.63. The highest BCUT2D eigenvalue weighted by Crippen LogP contribution is 2.16. The third-order valence-corrected chi connectivity index (χ3v) is 4.35. The maximum Gasteiger partial charge on any atom is 0.0702 e. The van der Waals surface area contributed by atoms with Crippen molar-refractivity contribution in [3.63, 3.8) is 0 Å². The fourth-order valence-electron chi connectivity index (χ4n) is 3.02. The summed E-state index contributed by atoms with van der Waals surface area (Å²) in [6, 6.07) is 10.6. The molecule has 1 atom stereocenters. The largest absolute Gasteiger partial charge is 0.377 e. The zero-order chi connectivity index (χ0) is 15.2. The summed E-state index contributed by atoms with van der Waals surface area (Å²) in [4.78, 5) is 2.50. The van der Waals surface area contributed by atoms with E-state index in [0.29, 0.717) is 6.10 Å². The number of aryl methyl sites for hydroxylation is 1. The van der Waals surface area contributed by atoms with E-state index in [1.54, 1.807) is 0 Å². The molecule has 1 aromatic heterocycles. The van der Waals surface area contributed by atoms with E-state index in [-0.39, 0.29) is 0 Å². The number of aromatic nitrogens is 2. The molecule has 2 heterocycles. The van der Waals surface area contributed by atoms with Gasteiger partial charge in [0.1, 0.15) is 0 Å². The Morgan fingerprint density at radius 3 is 2.95 bits per heavy atom. The fraction of sp³-hybridized carbons (Fsp3) is 0.500. The van der Waals surface area contributed by atoms with Gasteiger partial charge < -0.3 is 4.74 Å². The first-order valence-corrected chi connectivity index (χ1v) is 8.17.